The van der Waals surface area contributed by atoms with Gasteiger partial charge < -0.3 is 14.8 Å². The Balaban J connectivity index is 3.15. The summed E-state index contributed by atoms with van der Waals surface area (Å²) in [7, 11) is 4.70. The molecule has 0 aromatic heterocycles. The Kier molecular flexibility index (Phi) is 5.15. The molecule has 0 bridgehead atoms. The average Bonchev–Trinajstić information content (AvgIpc) is 2.34. The summed E-state index contributed by atoms with van der Waals surface area (Å²) in [5.41, 5.74) is 0.574. The molecule has 96 valence electrons. The minimum absolute atomic E-state index is 0.00194. The van der Waals surface area contributed by atoms with E-state index in [-0.39, 0.29) is 5.56 Å². The molecule has 17 heavy (non-hydrogen) atoms. The highest BCUT2D eigenvalue weighted by Gasteiger charge is 2.17. The topological polar surface area (TPSA) is 30.5 Å². The number of likely N-dealkylation sites (N-methyl/N-ethyl adjacent to an activating group) is 1. The molecule has 1 aromatic rings. The second kappa shape index (κ2) is 6.39. The van der Waals surface area contributed by atoms with E-state index < -0.39 is 6.43 Å². The van der Waals surface area contributed by atoms with Gasteiger partial charge in [0.1, 0.15) is 0 Å². The first kappa shape index (κ1) is 13.7. The van der Waals surface area contributed by atoms with Gasteiger partial charge >= 0.3 is 0 Å². The maximum Gasteiger partial charge on any atom is 0.264 e. The zero-order valence-corrected chi connectivity index (χ0v) is 10.2. The molecule has 0 amide bonds. The molecule has 1 N–H and O–H groups in total. The number of alkyl halides is 2. The Bertz CT molecular complexity index is 370. The van der Waals surface area contributed by atoms with Crippen molar-refractivity contribution in [1.29, 1.82) is 0 Å². The molecular weight excluding hydrogens is 228 g/mol. The summed E-state index contributed by atoms with van der Waals surface area (Å²) in [6, 6.07) is 2.95. The molecule has 0 aliphatic rings. The van der Waals surface area contributed by atoms with Crippen LogP contribution in [0.4, 0.5) is 8.78 Å². The lowest BCUT2D eigenvalue weighted by Gasteiger charge is -2.14. The quantitative estimate of drug-likeness (QED) is 0.834. The number of ether oxygens (including phenoxy) is 2. The van der Waals surface area contributed by atoms with Crippen LogP contribution in [0.2, 0.25) is 0 Å². The summed E-state index contributed by atoms with van der Waals surface area (Å²) in [6.07, 6.45) is -1.99. The first-order valence-electron chi connectivity index (χ1n) is 5.31. The van der Waals surface area contributed by atoms with Gasteiger partial charge in [0.2, 0.25) is 0 Å². The van der Waals surface area contributed by atoms with Crippen LogP contribution in [0.25, 0.3) is 0 Å². The molecule has 0 aliphatic heterocycles. The van der Waals surface area contributed by atoms with Crippen LogP contribution in [0.3, 0.4) is 0 Å². The summed E-state index contributed by atoms with van der Waals surface area (Å²) in [6.45, 7) is 0.634. The number of rotatable bonds is 6. The largest absolute Gasteiger partial charge is 0.493 e. The highest BCUT2D eigenvalue weighted by Crippen LogP contribution is 2.35. The van der Waals surface area contributed by atoms with Crippen LogP contribution < -0.4 is 14.8 Å². The predicted molar refractivity (Wildman–Crippen MR) is 62.1 cm³/mol. The minimum Gasteiger partial charge on any atom is -0.493 e. The second-order valence-corrected chi connectivity index (χ2v) is 3.56. The van der Waals surface area contributed by atoms with Crippen LogP contribution in [-0.2, 0) is 6.42 Å². The number of halogens is 2. The van der Waals surface area contributed by atoms with E-state index in [1.54, 1.807) is 13.1 Å². The molecule has 0 spiro atoms. The lowest BCUT2D eigenvalue weighted by atomic mass is 10.0. The van der Waals surface area contributed by atoms with E-state index in [4.69, 9.17) is 9.47 Å². The number of methoxy groups -OCH3 is 2. The number of hydrogen-bond acceptors (Lipinski definition) is 3. The average molecular weight is 245 g/mol. The van der Waals surface area contributed by atoms with Gasteiger partial charge in [0.25, 0.3) is 6.43 Å². The van der Waals surface area contributed by atoms with Crippen molar-refractivity contribution in [2.75, 3.05) is 27.8 Å². The predicted octanol–water partition coefficient (Wildman–Crippen LogP) is 2.40. The molecule has 0 radical (unpaired) electrons. The number of benzene rings is 1. The fourth-order valence-corrected chi connectivity index (χ4v) is 1.62. The van der Waals surface area contributed by atoms with Crippen molar-refractivity contribution < 1.29 is 18.3 Å². The molecule has 1 rings (SSSR count). The second-order valence-electron chi connectivity index (χ2n) is 3.56. The van der Waals surface area contributed by atoms with E-state index in [0.29, 0.717) is 30.0 Å². The van der Waals surface area contributed by atoms with Gasteiger partial charge in [-0.1, -0.05) is 0 Å². The molecule has 0 atom stereocenters. The van der Waals surface area contributed by atoms with Crippen LogP contribution in [0.5, 0.6) is 11.5 Å². The summed E-state index contributed by atoms with van der Waals surface area (Å²) in [4.78, 5) is 0. The van der Waals surface area contributed by atoms with Gasteiger partial charge in [0, 0.05) is 5.56 Å². The van der Waals surface area contributed by atoms with Gasteiger partial charge in [-0.25, -0.2) is 8.78 Å². The molecule has 5 heteroatoms. The number of nitrogens with one attached hydrogen (secondary N) is 1. The SMILES string of the molecule is CNCCc1cc(OC)c(OC)cc1C(F)F. The molecule has 0 fully saturated rings. The molecule has 0 unspecified atom stereocenters. The summed E-state index contributed by atoms with van der Waals surface area (Å²) < 4.78 is 35.9. The van der Waals surface area contributed by atoms with Crippen molar-refractivity contribution in [2.24, 2.45) is 0 Å². The Hall–Kier alpha value is -1.36. The zero-order chi connectivity index (χ0) is 12.8. The first-order valence-corrected chi connectivity index (χ1v) is 5.31. The van der Waals surface area contributed by atoms with Crippen molar-refractivity contribution in [3.05, 3.63) is 23.3 Å². The lowest BCUT2D eigenvalue weighted by molar-refractivity contribution is 0.149. The van der Waals surface area contributed by atoms with Gasteiger partial charge in [-0.05, 0) is 37.7 Å². The van der Waals surface area contributed by atoms with Crippen LogP contribution in [0, 0.1) is 0 Å². The normalized spacial score (nSPS) is 10.7. The third-order valence-electron chi connectivity index (χ3n) is 2.52. The fraction of sp³-hybridized carbons (Fsp3) is 0.500. The highest BCUT2D eigenvalue weighted by molar-refractivity contribution is 5.48. The van der Waals surface area contributed by atoms with E-state index in [0.717, 1.165) is 0 Å². The molecule has 0 saturated heterocycles. The molecule has 3 nitrogen and oxygen atoms in total. The van der Waals surface area contributed by atoms with Gasteiger partial charge in [0.05, 0.1) is 14.2 Å². The zero-order valence-electron chi connectivity index (χ0n) is 10.2. The van der Waals surface area contributed by atoms with Crippen molar-refractivity contribution in [2.45, 2.75) is 12.8 Å². The van der Waals surface area contributed by atoms with Crippen LogP contribution in [0.15, 0.2) is 12.1 Å². The third-order valence-corrected chi connectivity index (χ3v) is 2.52. The van der Waals surface area contributed by atoms with Crippen molar-refractivity contribution in [3.8, 4) is 11.5 Å². The minimum atomic E-state index is -2.51. The molecule has 0 heterocycles. The van der Waals surface area contributed by atoms with Crippen LogP contribution in [-0.4, -0.2) is 27.8 Å². The van der Waals surface area contributed by atoms with Gasteiger partial charge in [-0.15, -0.1) is 0 Å². The van der Waals surface area contributed by atoms with E-state index in [1.165, 1.54) is 20.3 Å². The standard InChI is InChI=1S/C12H17F2NO2/c1-15-5-4-8-6-10(16-2)11(17-3)7-9(8)12(13)14/h6-7,12,15H,4-5H2,1-3H3. The maximum atomic E-state index is 12.9. The third kappa shape index (κ3) is 3.30. The molecular formula is C12H17F2NO2. The maximum absolute atomic E-state index is 12.9. The van der Waals surface area contributed by atoms with Gasteiger partial charge in [-0.2, -0.15) is 0 Å². The number of hydrogen-bond donors (Lipinski definition) is 1. The van der Waals surface area contributed by atoms with Crippen molar-refractivity contribution in [1.82, 2.24) is 5.32 Å². The first-order chi connectivity index (χ1) is 8.13. The van der Waals surface area contributed by atoms with Crippen molar-refractivity contribution >= 4 is 0 Å². The summed E-state index contributed by atoms with van der Waals surface area (Å²) >= 11 is 0. The molecule has 1 aromatic carbocycles. The smallest absolute Gasteiger partial charge is 0.264 e. The van der Waals surface area contributed by atoms with E-state index >= 15 is 0 Å². The van der Waals surface area contributed by atoms with Gasteiger partial charge in [0.15, 0.2) is 11.5 Å². The summed E-state index contributed by atoms with van der Waals surface area (Å²) in [5.74, 6) is 0.805. The molecule has 0 aliphatic carbocycles. The van der Waals surface area contributed by atoms with E-state index in [1.807, 2.05) is 0 Å². The Morgan fingerprint density at radius 1 is 1.18 bits per heavy atom. The Morgan fingerprint density at radius 3 is 2.24 bits per heavy atom. The van der Waals surface area contributed by atoms with E-state index in [2.05, 4.69) is 5.32 Å². The Morgan fingerprint density at radius 2 is 1.76 bits per heavy atom. The monoisotopic (exact) mass is 245 g/mol. The van der Waals surface area contributed by atoms with Gasteiger partial charge in [-0.3, -0.25) is 0 Å². The highest BCUT2D eigenvalue weighted by atomic mass is 19.3. The van der Waals surface area contributed by atoms with Crippen LogP contribution in [0.1, 0.15) is 17.6 Å². The molecule has 0 saturated carbocycles. The van der Waals surface area contributed by atoms with E-state index in [9.17, 15) is 8.78 Å². The van der Waals surface area contributed by atoms with Crippen LogP contribution >= 0.6 is 0 Å². The van der Waals surface area contributed by atoms with Crippen molar-refractivity contribution in [3.63, 3.8) is 0 Å². The lowest BCUT2D eigenvalue weighted by Crippen LogP contribution is -2.12. The fourth-order valence-electron chi connectivity index (χ4n) is 1.62. The Labute approximate surface area is 99.7 Å². The summed E-state index contributed by atoms with van der Waals surface area (Å²) in [5, 5.41) is 2.93.